The summed E-state index contributed by atoms with van der Waals surface area (Å²) in [4.78, 5) is 17.3. The number of hydrogen-bond donors (Lipinski definition) is 1. The third-order valence-corrected chi connectivity index (χ3v) is 2.34. The van der Waals surface area contributed by atoms with Gasteiger partial charge in [0.2, 0.25) is 11.7 Å². The van der Waals surface area contributed by atoms with E-state index in [1.165, 1.54) is 4.90 Å². The molecule has 0 aliphatic carbocycles. The Bertz CT molecular complexity index is 563. The fourth-order valence-electron chi connectivity index (χ4n) is 1.42. The van der Waals surface area contributed by atoms with E-state index in [4.69, 9.17) is 4.52 Å². The Labute approximate surface area is 105 Å². The molecule has 6 nitrogen and oxygen atoms in total. The molecular formula is C12H14N4O2. The monoisotopic (exact) mass is 246 g/mol. The molecule has 0 fully saturated rings. The predicted octanol–water partition coefficient (Wildman–Crippen LogP) is 2.14. The molecule has 2 aromatic rings. The number of aromatic nitrogens is 2. The molecule has 1 aromatic carbocycles. The highest BCUT2D eigenvalue weighted by atomic mass is 16.5. The second-order valence-electron chi connectivity index (χ2n) is 4.01. The van der Waals surface area contributed by atoms with Crippen molar-refractivity contribution in [3.05, 3.63) is 30.2 Å². The average Bonchev–Trinajstić information content (AvgIpc) is 2.76. The molecule has 0 aliphatic rings. The van der Waals surface area contributed by atoms with Crippen molar-refractivity contribution >= 4 is 11.7 Å². The molecule has 94 valence electrons. The molecule has 1 aromatic heterocycles. The van der Waals surface area contributed by atoms with Crippen molar-refractivity contribution in [3.63, 3.8) is 0 Å². The summed E-state index contributed by atoms with van der Waals surface area (Å²) >= 11 is 0. The highest BCUT2D eigenvalue weighted by Crippen LogP contribution is 2.25. The van der Waals surface area contributed by atoms with Crippen molar-refractivity contribution in [1.29, 1.82) is 0 Å². The lowest BCUT2D eigenvalue weighted by Gasteiger charge is -2.13. The number of rotatable bonds is 2. The molecule has 0 bridgehead atoms. The summed E-state index contributed by atoms with van der Waals surface area (Å²) in [5.41, 5.74) is 1.38. The van der Waals surface area contributed by atoms with Gasteiger partial charge in [0.15, 0.2) is 0 Å². The van der Waals surface area contributed by atoms with Gasteiger partial charge in [0.05, 0.1) is 5.69 Å². The van der Waals surface area contributed by atoms with Gasteiger partial charge < -0.3 is 14.7 Å². The van der Waals surface area contributed by atoms with Crippen LogP contribution in [0.2, 0.25) is 0 Å². The lowest BCUT2D eigenvalue weighted by molar-refractivity contribution is 0.230. The molecule has 0 aliphatic heterocycles. The van der Waals surface area contributed by atoms with Crippen molar-refractivity contribution in [3.8, 4) is 11.4 Å². The minimum absolute atomic E-state index is 0.206. The lowest BCUT2D eigenvalue weighted by atomic mass is 10.1. The number of urea groups is 1. The SMILES string of the molecule is Cc1nc(-c2ccccc2NC(=O)N(C)C)no1. The number of para-hydroxylation sites is 1. The van der Waals surface area contributed by atoms with Gasteiger partial charge in [-0.15, -0.1) is 0 Å². The van der Waals surface area contributed by atoms with E-state index >= 15 is 0 Å². The number of nitrogens with zero attached hydrogens (tertiary/aromatic N) is 3. The first-order valence-electron chi connectivity index (χ1n) is 5.46. The molecule has 18 heavy (non-hydrogen) atoms. The number of anilines is 1. The molecule has 6 heteroatoms. The topological polar surface area (TPSA) is 71.3 Å². The summed E-state index contributed by atoms with van der Waals surface area (Å²) in [5, 5.41) is 6.63. The fraction of sp³-hybridized carbons (Fsp3) is 0.250. The first-order chi connectivity index (χ1) is 8.58. The van der Waals surface area contributed by atoms with Gasteiger partial charge in [-0.25, -0.2) is 4.79 Å². The summed E-state index contributed by atoms with van der Waals surface area (Å²) in [7, 11) is 3.35. The lowest BCUT2D eigenvalue weighted by Crippen LogP contribution is -2.27. The number of nitrogens with one attached hydrogen (secondary N) is 1. The van der Waals surface area contributed by atoms with Crippen LogP contribution < -0.4 is 5.32 Å². The average molecular weight is 246 g/mol. The van der Waals surface area contributed by atoms with Crippen molar-refractivity contribution in [1.82, 2.24) is 15.0 Å². The molecule has 2 rings (SSSR count). The van der Waals surface area contributed by atoms with Crippen molar-refractivity contribution in [2.24, 2.45) is 0 Å². The number of amides is 2. The van der Waals surface area contributed by atoms with Crippen LogP contribution in [-0.2, 0) is 0 Å². The van der Waals surface area contributed by atoms with Crippen LogP contribution in [0.15, 0.2) is 28.8 Å². The van der Waals surface area contributed by atoms with E-state index in [1.807, 2.05) is 18.2 Å². The minimum Gasteiger partial charge on any atom is -0.339 e. The van der Waals surface area contributed by atoms with Crippen LogP contribution in [0.25, 0.3) is 11.4 Å². The van der Waals surface area contributed by atoms with Crippen molar-refractivity contribution < 1.29 is 9.32 Å². The molecule has 0 unspecified atom stereocenters. The largest absolute Gasteiger partial charge is 0.339 e. The molecular weight excluding hydrogens is 232 g/mol. The predicted molar refractivity (Wildman–Crippen MR) is 67.2 cm³/mol. The van der Waals surface area contributed by atoms with Crippen molar-refractivity contribution in [2.75, 3.05) is 19.4 Å². The summed E-state index contributed by atoms with van der Waals surface area (Å²) in [6, 6.07) is 7.11. The van der Waals surface area contributed by atoms with Gasteiger partial charge in [0.25, 0.3) is 0 Å². The second-order valence-corrected chi connectivity index (χ2v) is 4.01. The number of carbonyl (C=O) groups is 1. The first kappa shape index (κ1) is 12.1. The zero-order valence-corrected chi connectivity index (χ0v) is 10.5. The smallest absolute Gasteiger partial charge is 0.321 e. The zero-order chi connectivity index (χ0) is 13.1. The van der Waals surface area contributed by atoms with Gasteiger partial charge in [-0.2, -0.15) is 4.98 Å². The van der Waals surface area contributed by atoms with Gasteiger partial charge in [-0.1, -0.05) is 17.3 Å². The Kier molecular flexibility index (Phi) is 3.27. The maximum atomic E-state index is 11.7. The second kappa shape index (κ2) is 4.87. The first-order valence-corrected chi connectivity index (χ1v) is 5.46. The van der Waals surface area contributed by atoms with Gasteiger partial charge in [0.1, 0.15) is 0 Å². The number of hydrogen-bond acceptors (Lipinski definition) is 4. The minimum atomic E-state index is -0.206. The Morgan fingerprint density at radius 1 is 1.33 bits per heavy atom. The van der Waals surface area contributed by atoms with E-state index in [-0.39, 0.29) is 6.03 Å². The third kappa shape index (κ3) is 2.48. The highest BCUT2D eigenvalue weighted by molar-refractivity contribution is 5.93. The van der Waals surface area contributed by atoms with Gasteiger partial charge in [0, 0.05) is 26.6 Å². The standard InChI is InChI=1S/C12H14N4O2/c1-8-13-11(15-18-8)9-6-4-5-7-10(9)14-12(17)16(2)3/h4-7H,1-3H3,(H,14,17). The normalized spacial score (nSPS) is 10.2. The Morgan fingerprint density at radius 2 is 2.06 bits per heavy atom. The van der Waals surface area contributed by atoms with E-state index in [0.29, 0.717) is 17.4 Å². The Balaban J connectivity index is 2.34. The van der Waals surface area contributed by atoms with Crippen LogP contribution in [0.1, 0.15) is 5.89 Å². The molecule has 0 saturated carbocycles. The van der Waals surface area contributed by atoms with Crippen LogP contribution in [0.5, 0.6) is 0 Å². The molecule has 1 N–H and O–H groups in total. The fourth-order valence-corrected chi connectivity index (χ4v) is 1.42. The highest BCUT2D eigenvalue weighted by Gasteiger charge is 2.13. The van der Waals surface area contributed by atoms with Crippen LogP contribution in [0.4, 0.5) is 10.5 Å². The van der Waals surface area contributed by atoms with Crippen molar-refractivity contribution in [2.45, 2.75) is 6.92 Å². The molecule has 1 heterocycles. The van der Waals surface area contributed by atoms with Gasteiger partial charge >= 0.3 is 6.03 Å². The summed E-state index contributed by atoms with van der Waals surface area (Å²) in [5.74, 6) is 0.945. The summed E-state index contributed by atoms with van der Waals surface area (Å²) in [6.45, 7) is 1.72. The zero-order valence-electron chi connectivity index (χ0n) is 10.5. The number of aryl methyl sites for hydroxylation is 1. The maximum absolute atomic E-state index is 11.7. The van der Waals surface area contributed by atoms with E-state index in [1.54, 1.807) is 27.1 Å². The molecule has 0 spiro atoms. The molecule has 0 atom stereocenters. The van der Waals surface area contributed by atoms with Crippen LogP contribution in [0.3, 0.4) is 0 Å². The Morgan fingerprint density at radius 3 is 2.67 bits per heavy atom. The van der Waals surface area contributed by atoms with E-state index < -0.39 is 0 Å². The Hall–Kier alpha value is -2.37. The van der Waals surface area contributed by atoms with Crippen LogP contribution >= 0.6 is 0 Å². The van der Waals surface area contributed by atoms with E-state index in [2.05, 4.69) is 15.5 Å². The molecule has 0 radical (unpaired) electrons. The van der Waals surface area contributed by atoms with Crippen LogP contribution in [0, 0.1) is 6.92 Å². The van der Waals surface area contributed by atoms with E-state index in [0.717, 1.165) is 5.56 Å². The summed E-state index contributed by atoms with van der Waals surface area (Å²) in [6.07, 6.45) is 0. The van der Waals surface area contributed by atoms with Crippen LogP contribution in [-0.4, -0.2) is 35.2 Å². The van der Waals surface area contributed by atoms with Gasteiger partial charge in [-0.3, -0.25) is 0 Å². The maximum Gasteiger partial charge on any atom is 0.321 e. The molecule has 2 amide bonds. The number of benzene rings is 1. The van der Waals surface area contributed by atoms with Gasteiger partial charge in [-0.05, 0) is 12.1 Å². The molecule has 0 saturated heterocycles. The third-order valence-electron chi connectivity index (χ3n) is 2.34. The summed E-state index contributed by atoms with van der Waals surface area (Å²) < 4.78 is 4.94. The number of carbonyl (C=O) groups excluding carboxylic acids is 1. The quantitative estimate of drug-likeness (QED) is 0.881. The van der Waals surface area contributed by atoms with E-state index in [9.17, 15) is 4.79 Å².